The monoisotopic (exact) mass is 338 g/mol. The Morgan fingerprint density at radius 3 is 1.48 bits per heavy atom. The summed E-state index contributed by atoms with van der Waals surface area (Å²) >= 11 is 0. The minimum atomic E-state index is -0.000528. The maximum Gasteiger partial charge on any atom is 0.113 e. The van der Waals surface area contributed by atoms with Crippen LogP contribution in [0.5, 0.6) is 0 Å². The largest absolute Gasteiger partial charge is 0.354 e. The van der Waals surface area contributed by atoms with Crippen LogP contribution in [-0.4, -0.2) is 24.5 Å². The standard InChI is InChI=1S/C21H26N2O2/c1-14-20(16-9-5-3-6-10-16)24-18(22-14)13-19-23-15(2)21(25-19)17-11-7-4-8-12-17/h3-12,14-15,18-23H,13H2,1-2H3. The van der Waals surface area contributed by atoms with Gasteiger partial charge in [-0.2, -0.15) is 0 Å². The van der Waals surface area contributed by atoms with Crippen LogP contribution in [0, 0.1) is 0 Å². The topological polar surface area (TPSA) is 42.5 Å². The highest BCUT2D eigenvalue weighted by Crippen LogP contribution is 2.33. The van der Waals surface area contributed by atoms with E-state index >= 15 is 0 Å². The van der Waals surface area contributed by atoms with Gasteiger partial charge in [0.2, 0.25) is 0 Å². The average molecular weight is 338 g/mol. The molecule has 2 fully saturated rings. The second-order valence-electron chi connectivity index (χ2n) is 7.06. The van der Waals surface area contributed by atoms with Crippen molar-refractivity contribution >= 4 is 0 Å². The van der Waals surface area contributed by atoms with Gasteiger partial charge in [-0.15, -0.1) is 0 Å². The summed E-state index contributed by atoms with van der Waals surface area (Å²) in [5, 5.41) is 7.11. The maximum atomic E-state index is 6.27. The first kappa shape index (κ1) is 16.7. The molecule has 0 saturated carbocycles. The van der Waals surface area contributed by atoms with Gasteiger partial charge in [0, 0.05) is 18.5 Å². The van der Waals surface area contributed by atoms with Gasteiger partial charge >= 0.3 is 0 Å². The average Bonchev–Trinajstić information content (AvgIpc) is 3.19. The Balaban J connectivity index is 1.37. The van der Waals surface area contributed by atoms with E-state index in [-0.39, 0.29) is 36.7 Å². The van der Waals surface area contributed by atoms with Gasteiger partial charge in [-0.3, -0.25) is 10.6 Å². The Labute approximate surface area is 149 Å². The Morgan fingerprint density at radius 2 is 1.08 bits per heavy atom. The van der Waals surface area contributed by atoms with E-state index in [4.69, 9.17) is 9.47 Å². The molecule has 2 saturated heterocycles. The summed E-state index contributed by atoms with van der Waals surface area (Å²) in [6, 6.07) is 21.4. The Hall–Kier alpha value is -1.72. The molecule has 2 aliphatic heterocycles. The minimum Gasteiger partial charge on any atom is -0.354 e. The normalized spacial score (nSPS) is 35.1. The van der Waals surface area contributed by atoms with E-state index in [2.05, 4.69) is 73.0 Å². The maximum absolute atomic E-state index is 6.27. The van der Waals surface area contributed by atoms with Crippen molar-refractivity contribution in [2.75, 3.05) is 0 Å². The van der Waals surface area contributed by atoms with E-state index in [1.165, 1.54) is 11.1 Å². The molecule has 2 aliphatic rings. The summed E-state index contributed by atoms with van der Waals surface area (Å²) in [6.45, 7) is 4.35. The molecule has 0 aromatic heterocycles. The molecule has 0 radical (unpaired) electrons. The number of nitrogens with one attached hydrogen (secondary N) is 2. The van der Waals surface area contributed by atoms with Gasteiger partial charge in [0.15, 0.2) is 0 Å². The first-order valence-electron chi connectivity index (χ1n) is 9.13. The molecule has 4 heteroatoms. The molecule has 0 bridgehead atoms. The first-order chi connectivity index (χ1) is 12.2. The summed E-state index contributed by atoms with van der Waals surface area (Å²) in [6.07, 6.45) is 0.977. The number of rotatable bonds is 4. The van der Waals surface area contributed by atoms with Crippen LogP contribution in [0.4, 0.5) is 0 Å². The molecule has 6 unspecified atom stereocenters. The second kappa shape index (κ2) is 7.26. The molecule has 25 heavy (non-hydrogen) atoms. The molecule has 2 aromatic carbocycles. The molecule has 132 valence electrons. The summed E-state index contributed by atoms with van der Waals surface area (Å²) < 4.78 is 12.5. The lowest BCUT2D eigenvalue weighted by molar-refractivity contribution is -0.0259. The molecular weight excluding hydrogens is 312 g/mol. The zero-order chi connectivity index (χ0) is 17.2. The van der Waals surface area contributed by atoms with E-state index in [0.717, 1.165) is 6.42 Å². The lowest BCUT2D eigenvalue weighted by atomic mass is 10.0. The lowest BCUT2D eigenvalue weighted by Gasteiger charge is -2.18. The van der Waals surface area contributed by atoms with Crippen molar-refractivity contribution in [3.8, 4) is 0 Å². The summed E-state index contributed by atoms with van der Waals surface area (Å²) in [5.41, 5.74) is 2.45. The van der Waals surface area contributed by atoms with Crippen LogP contribution in [0.2, 0.25) is 0 Å². The molecule has 2 N–H and O–H groups in total. The van der Waals surface area contributed by atoms with E-state index < -0.39 is 0 Å². The van der Waals surface area contributed by atoms with Crippen molar-refractivity contribution in [1.82, 2.24) is 10.6 Å². The van der Waals surface area contributed by atoms with Gasteiger partial charge in [0.05, 0.1) is 12.2 Å². The summed E-state index contributed by atoms with van der Waals surface area (Å²) in [4.78, 5) is 0. The van der Waals surface area contributed by atoms with Crippen molar-refractivity contribution in [3.63, 3.8) is 0 Å². The Kier molecular flexibility index (Phi) is 4.86. The second-order valence-corrected chi connectivity index (χ2v) is 7.06. The smallest absolute Gasteiger partial charge is 0.113 e. The number of benzene rings is 2. The molecular formula is C21H26N2O2. The lowest BCUT2D eigenvalue weighted by Crippen LogP contribution is -2.36. The highest BCUT2D eigenvalue weighted by molar-refractivity contribution is 5.21. The van der Waals surface area contributed by atoms with Gasteiger partial charge < -0.3 is 9.47 Å². The third-order valence-corrected chi connectivity index (χ3v) is 5.11. The molecule has 0 aliphatic carbocycles. The van der Waals surface area contributed by atoms with Crippen molar-refractivity contribution in [2.24, 2.45) is 0 Å². The molecule has 6 atom stereocenters. The van der Waals surface area contributed by atoms with Gasteiger partial charge in [-0.05, 0) is 25.0 Å². The quantitative estimate of drug-likeness (QED) is 0.895. The van der Waals surface area contributed by atoms with Gasteiger partial charge in [-0.25, -0.2) is 0 Å². The van der Waals surface area contributed by atoms with Gasteiger partial charge in [-0.1, -0.05) is 60.7 Å². The van der Waals surface area contributed by atoms with E-state index in [1.54, 1.807) is 0 Å². The number of ether oxygens (including phenoxy) is 2. The van der Waals surface area contributed by atoms with Crippen LogP contribution in [0.25, 0.3) is 0 Å². The van der Waals surface area contributed by atoms with E-state index in [9.17, 15) is 0 Å². The predicted octanol–water partition coefficient (Wildman–Crippen LogP) is 3.53. The molecule has 4 nitrogen and oxygen atoms in total. The van der Waals surface area contributed by atoms with Gasteiger partial charge in [0.25, 0.3) is 0 Å². The van der Waals surface area contributed by atoms with Crippen LogP contribution in [0.15, 0.2) is 60.7 Å². The molecule has 2 heterocycles. The first-order valence-corrected chi connectivity index (χ1v) is 9.13. The third-order valence-electron chi connectivity index (χ3n) is 5.11. The fraction of sp³-hybridized carbons (Fsp3) is 0.429. The fourth-order valence-corrected chi connectivity index (χ4v) is 3.89. The third kappa shape index (κ3) is 3.62. The van der Waals surface area contributed by atoms with Crippen LogP contribution in [-0.2, 0) is 9.47 Å². The van der Waals surface area contributed by atoms with Crippen LogP contribution >= 0.6 is 0 Å². The highest BCUT2D eigenvalue weighted by atomic mass is 16.5. The van der Waals surface area contributed by atoms with Crippen LogP contribution in [0.3, 0.4) is 0 Å². The molecule has 0 spiro atoms. The Morgan fingerprint density at radius 1 is 0.680 bits per heavy atom. The number of hydrogen-bond acceptors (Lipinski definition) is 4. The zero-order valence-electron chi connectivity index (χ0n) is 14.8. The Bertz CT molecular complexity index is 619. The van der Waals surface area contributed by atoms with Crippen molar-refractivity contribution in [2.45, 2.75) is 57.0 Å². The van der Waals surface area contributed by atoms with E-state index in [1.807, 2.05) is 12.1 Å². The minimum absolute atomic E-state index is 0.000528. The summed E-state index contributed by atoms with van der Waals surface area (Å²) in [5.74, 6) is 0. The molecule has 4 rings (SSSR count). The van der Waals surface area contributed by atoms with Crippen LogP contribution < -0.4 is 10.6 Å². The predicted molar refractivity (Wildman–Crippen MR) is 97.9 cm³/mol. The summed E-state index contributed by atoms with van der Waals surface area (Å²) in [7, 11) is 0. The molecule has 0 amide bonds. The van der Waals surface area contributed by atoms with E-state index in [0.29, 0.717) is 0 Å². The number of hydrogen-bond donors (Lipinski definition) is 2. The molecule has 2 aromatic rings. The highest BCUT2D eigenvalue weighted by Gasteiger charge is 2.38. The van der Waals surface area contributed by atoms with Crippen molar-refractivity contribution < 1.29 is 9.47 Å². The van der Waals surface area contributed by atoms with Crippen molar-refractivity contribution in [3.05, 3.63) is 71.8 Å². The zero-order valence-corrected chi connectivity index (χ0v) is 14.8. The van der Waals surface area contributed by atoms with Crippen LogP contribution in [0.1, 0.15) is 43.6 Å². The fourth-order valence-electron chi connectivity index (χ4n) is 3.89. The van der Waals surface area contributed by atoms with Gasteiger partial charge in [0.1, 0.15) is 12.5 Å². The van der Waals surface area contributed by atoms with Crippen molar-refractivity contribution in [1.29, 1.82) is 0 Å². The SMILES string of the molecule is CC1NC(CC2NC(C)C(c3ccccc3)O2)OC1c1ccccc1.